The lowest BCUT2D eigenvalue weighted by Crippen LogP contribution is -2.58. The molecule has 1 amide bonds. The molecule has 0 aromatic carbocycles. The zero-order valence-electron chi connectivity index (χ0n) is 17.8. The molecule has 2 bridgehead atoms. The first-order valence-corrected chi connectivity index (χ1v) is 11.7. The second-order valence-electron chi connectivity index (χ2n) is 8.48. The average molecular weight is 441 g/mol. The number of thiophene rings is 1. The van der Waals surface area contributed by atoms with Gasteiger partial charge in [-0.2, -0.15) is 10.1 Å². The smallest absolute Gasteiger partial charge is 0.237 e. The maximum absolute atomic E-state index is 12.6. The molecule has 2 fully saturated rings. The Morgan fingerprint density at radius 3 is 2.81 bits per heavy atom. The topological polar surface area (TPSA) is 111 Å². The number of carbonyl (C=O) groups is 1. The van der Waals surface area contributed by atoms with Crippen LogP contribution in [0, 0.1) is 6.92 Å². The molecular formula is C21H28N8OS. The van der Waals surface area contributed by atoms with Crippen molar-refractivity contribution in [2.45, 2.75) is 57.2 Å². The number of aryl methyl sites for hydroxylation is 1. The SMILES string of the molecule is CNCC(=O)N1C2CCCC1CC(Nc1nc(Nc3cc(C)[nH]n3)c3ccsc3n1)C2. The average Bonchev–Trinajstić information content (AvgIpc) is 3.36. The van der Waals surface area contributed by atoms with E-state index < -0.39 is 0 Å². The minimum absolute atomic E-state index is 0.215. The number of nitrogens with zero attached hydrogens (tertiary/aromatic N) is 4. The fraction of sp³-hybridized carbons (Fsp3) is 0.524. The number of aromatic amines is 1. The van der Waals surface area contributed by atoms with Crippen LogP contribution in [0.5, 0.6) is 0 Å². The first kappa shape index (κ1) is 20.2. The van der Waals surface area contributed by atoms with Gasteiger partial charge in [0.2, 0.25) is 11.9 Å². The molecule has 0 saturated carbocycles. The molecule has 2 aliphatic rings. The van der Waals surface area contributed by atoms with Gasteiger partial charge < -0.3 is 20.9 Å². The lowest BCUT2D eigenvalue weighted by atomic mass is 9.81. The highest BCUT2D eigenvalue weighted by Gasteiger charge is 2.40. The van der Waals surface area contributed by atoms with Crippen molar-refractivity contribution in [3.8, 4) is 0 Å². The van der Waals surface area contributed by atoms with Crippen LogP contribution in [-0.4, -0.2) is 62.7 Å². The van der Waals surface area contributed by atoms with Crippen molar-refractivity contribution in [3.05, 3.63) is 23.2 Å². The fourth-order valence-electron chi connectivity index (χ4n) is 4.95. The largest absolute Gasteiger partial charge is 0.351 e. The number of hydrogen-bond acceptors (Lipinski definition) is 8. The monoisotopic (exact) mass is 440 g/mol. The highest BCUT2D eigenvalue weighted by Crippen LogP contribution is 2.36. The minimum Gasteiger partial charge on any atom is -0.351 e. The predicted molar refractivity (Wildman–Crippen MR) is 123 cm³/mol. The van der Waals surface area contributed by atoms with E-state index in [1.807, 2.05) is 31.5 Å². The number of piperidine rings is 2. The number of nitrogens with one attached hydrogen (secondary N) is 4. The molecule has 2 saturated heterocycles. The Morgan fingerprint density at radius 2 is 2.10 bits per heavy atom. The van der Waals surface area contributed by atoms with E-state index in [-0.39, 0.29) is 11.9 Å². The first-order valence-electron chi connectivity index (χ1n) is 10.9. The van der Waals surface area contributed by atoms with Gasteiger partial charge in [-0.15, -0.1) is 11.3 Å². The van der Waals surface area contributed by atoms with Crippen molar-refractivity contribution in [1.29, 1.82) is 0 Å². The van der Waals surface area contributed by atoms with Crippen molar-refractivity contribution in [2.24, 2.45) is 0 Å². The van der Waals surface area contributed by atoms with Crippen LogP contribution in [0.15, 0.2) is 17.5 Å². The van der Waals surface area contributed by atoms with Gasteiger partial charge in [-0.3, -0.25) is 9.89 Å². The van der Waals surface area contributed by atoms with Crippen LogP contribution >= 0.6 is 11.3 Å². The maximum atomic E-state index is 12.6. The van der Waals surface area contributed by atoms with Gasteiger partial charge in [-0.25, -0.2) is 4.98 Å². The number of fused-ring (bicyclic) bond motifs is 3. The lowest BCUT2D eigenvalue weighted by Gasteiger charge is -2.49. The van der Waals surface area contributed by atoms with Crippen molar-refractivity contribution in [3.63, 3.8) is 0 Å². The number of H-pyrrole nitrogens is 1. The van der Waals surface area contributed by atoms with Crippen molar-refractivity contribution in [2.75, 3.05) is 24.2 Å². The summed E-state index contributed by atoms with van der Waals surface area (Å²) in [6.07, 6.45) is 5.19. The number of carbonyl (C=O) groups excluding carboxylic acids is 1. The van der Waals surface area contributed by atoms with E-state index in [9.17, 15) is 4.79 Å². The molecule has 2 aliphatic heterocycles. The fourth-order valence-corrected chi connectivity index (χ4v) is 5.71. The van der Waals surface area contributed by atoms with E-state index in [0.29, 0.717) is 24.6 Å². The number of likely N-dealkylation sites (N-methyl/N-ethyl adjacent to an activating group) is 1. The van der Waals surface area contributed by atoms with E-state index >= 15 is 0 Å². The Labute approximate surface area is 185 Å². The van der Waals surface area contributed by atoms with Gasteiger partial charge in [0.15, 0.2) is 5.82 Å². The molecule has 0 aliphatic carbocycles. The highest BCUT2D eigenvalue weighted by molar-refractivity contribution is 7.16. The highest BCUT2D eigenvalue weighted by atomic mass is 32.1. The molecule has 9 nitrogen and oxygen atoms in total. The predicted octanol–water partition coefficient (Wildman–Crippen LogP) is 3.01. The Bertz CT molecular complexity index is 1060. The lowest BCUT2D eigenvalue weighted by molar-refractivity contribution is -0.139. The summed E-state index contributed by atoms with van der Waals surface area (Å²) in [5.41, 5.74) is 0.989. The summed E-state index contributed by atoms with van der Waals surface area (Å²) in [6, 6.07) is 4.82. The van der Waals surface area contributed by atoms with Crippen LogP contribution in [0.25, 0.3) is 10.2 Å². The summed E-state index contributed by atoms with van der Waals surface area (Å²) in [5.74, 6) is 2.33. The van der Waals surface area contributed by atoms with Crippen LogP contribution in [0.3, 0.4) is 0 Å². The zero-order valence-corrected chi connectivity index (χ0v) is 18.6. The Morgan fingerprint density at radius 1 is 1.29 bits per heavy atom. The Hall–Kier alpha value is -2.72. The molecule has 4 N–H and O–H groups in total. The van der Waals surface area contributed by atoms with E-state index in [4.69, 9.17) is 9.97 Å². The summed E-state index contributed by atoms with van der Waals surface area (Å²) in [7, 11) is 1.83. The van der Waals surface area contributed by atoms with Crippen LogP contribution in [0.1, 0.15) is 37.8 Å². The summed E-state index contributed by atoms with van der Waals surface area (Å²) in [6.45, 7) is 2.38. The van der Waals surface area contributed by atoms with Gasteiger partial charge in [-0.05, 0) is 57.5 Å². The second kappa shape index (κ2) is 8.43. The molecule has 164 valence electrons. The second-order valence-corrected chi connectivity index (χ2v) is 9.37. The van der Waals surface area contributed by atoms with Gasteiger partial charge in [0, 0.05) is 29.9 Å². The maximum Gasteiger partial charge on any atom is 0.237 e. The quantitative estimate of drug-likeness (QED) is 0.466. The van der Waals surface area contributed by atoms with E-state index in [1.54, 1.807) is 11.3 Å². The number of amides is 1. The van der Waals surface area contributed by atoms with Gasteiger partial charge in [0.1, 0.15) is 10.6 Å². The third kappa shape index (κ3) is 4.09. The standard InChI is InChI=1S/C21H28N8OS/c1-12-8-17(28-27-12)24-19-16-6-7-31-20(16)26-21(25-19)23-13-9-14-4-3-5-15(10-13)29(14)18(30)11-22-2/h6-8,13-15,22H,3-5,9-11H2,1-2H3,(H3,23,24,25,26,27,28). The molecule has 3 aromatic heterocycles. The van der Waals surface area contributed by atoms with Crippen LogP contribution < -0.4 is 16.0 Å². The van der Waals surface area contributed by atoms with Crippen molar-refractivity contribution in [1.82, 2.24) is 30.4 Å². The minimum atomic E-state index is 0.215. The zero-order chi connectivity index (χ0) is 21.4. The molecule has 31 heavy (non-hydrogen) atoms. The normalized spacial score (nSPS) is 23.2. The summed E-state index contributed by atoms with van der Waals surface area (Å²) < 4.78 is 0. The van der Waals surface area contributed by atoms with Gasteiger partial charge in [-0.1, -0.05) is 0 Å². The van der Waals surface area contributed by atoms with E-state index in [2.05, 4.69) is 31.0 Å². The Balaban J connectivity index is 1.35. The Kier molecular flexibility index (Phi) is 5.49. The number of hydrogen-bond donors (Lipinski definition) is 4. The summed E-state index contributed by atoms with van der Waals surface area (Å²) in [4.78, 5) is 25.2. The number of rotatable bonds is 6. The number of aromatic nitrogens is 4. The van der Waals surface area contributed by atoms with E-state index in [1.165, 1.54) is 6.42 Å². The third-order valence-electron chi connectivity index (χ3n) is 6.20. The molecule has 3 aromatic rings. The molecular weight excluding hydrogens is 412 g/mol. The van der Waals surface area contributed by atoms with E-state index in [0.717, 1.165) is 53.2 Å². The summed E-state index contributed by atoms with van der Waals surface area (Å²) >= 11 is 1.60. The molecule has 10 heteroatoms. The first-order chi connectivity index (χ1) is 15.1. The van der Waals surface area contributed by atoms with Gasteiger partial charge in [0.05, 0.1) is 11.9 Å². The van der Waals surface area contributed by atoms with Crippen molar-refractivity contribution < 1.29 is 4.79 Å². The molecule has 0 radical (unpaired) electrons. The molecule has 0 spiro atoms. The van der Waals surface area contributed by atoms with Crippen LogP contribution in [-0.2, 0) is 4.79 Å². The van der Waals surface area contributed by atoms with Crippen molar-refractivity contribution >= 4 is 45.0 Å². The van der Waals surface area contributed by atoms with Gasteiger partial charge in [0.25, 0.3) is 0 Å². The molecule has 2 unspecified atom stereocenters. The number of anilines is 3. The van der Waals surface area contributed by atoms with Gasteiger partial charge >= 0.3 is 0 Å². The summed E-state index contributed by atoms with van der Waals surface area (Å²) in [5, 5.41) is 20.1. The van der Waals surface area contributed by atoms with Crippen LogP contribution in [0.2, 0.25) is 0 Å². The molecule has 5 rings (SSSR count). The van der Waals surface area contributed by atoms with Crippen LogP contribution in [0.4, 0.5) is 17.6 Å². The third-order valence-corrected chi connectivity index (χ3v) is 7.01. The molecule has 5 heterocycles. The molecule has 2 atom stereocenters.